The van der Waals surface area contributed by atoms with Crippen molar-refractivity contribution in [2.24, 2.45) is 0 Å². The van der Waals surface area contributed by atoms with E-state index in [1.165, 1.54) is 4.90 Å². The molecule has 1 aromatic carbocycles. The van der Waals surface area contributed by atoms with Gasteiger partial charge in [0.2, 0.25) is 9.84 Å². The number of hydrogen-bond acceptors (Lipinski definition) is 4. The minimum Gasteiger partial charge on any atom is -0.444 e. The van der Waals surface area contributed by atoms with E-state index >= 15 is 0 Å². The molecule has 2 heterocycles. The lowest BCUT2D eigenvalue weighted by Crippen LogP contribution is -2.42. The average molecular weight is 412 g/mol. The number of rotatable bonds is 2. The van der Waals surface area contributed by atoms with Crippen molar-refractivity contribution in [3.8, 4) is 0 Å². The molecular formula is C17H18BrNO4S. The van der Waals surface area contributed by atoms with Crippen molar-refractivity contribution in [1.82, 2.24) is 4.90 Å². The third kappa shape index (κ3) is 2.80. The van der Waals surface area contributed by atoms with Gasteiger partial charge >= 0.3 is 6.09 Å². The smallest absolute Gasteiger partial charge is 0.411 e. The van der Waals surface area contributed by atoms with E-state index in [9.17, 15) is 13.2 Å². The van der Waals surface area contributed by atoms with Crippen LogP contribution in [-0.2, 0) is 14.6 Å². The van der Waals surface area contributed by atoms with Crippen LogP contribution in [0, 0.1) is 0 Å². The fourth-order valence-electron chi connectivity index (χ4n) is 2.83. The second-order valence-electron chi connectivity index (χ2n) is 6.69. The molecule has 2 bridgehead atoms. The second kappa shape index (κ2) is 5.74. The van der Waals surface area contributed by atoms with Crippen LogP contribution in [0.2, 0.25) is 0 Å². The highest BCUT2D eigenvalue weighted by Crippen LogP contribution is 2.45. The predicted molar refractivity (Wildman–Crippen MR) is 94.4 cm³/mol. The van der Waals surface area contributed by atoms with Crippen molar-refractivity contribution < 1.29 is 17.9 Å². The predicted octanol–water partition coefficient (Wildman–Crippen LogP) is 3.62. The van der Waals surface area contributed by atoms with Gasteiger partial charge in [-0.15, -0.1) is 0 Å². The van der Waals surface area contributed by atoms with E-state index in [2.05, 4.69) is 15.9 Å². The normalized spacial score (nSPS) is 23.1. The molecule has 0 aliphatic carbocycles. The summed E-state index contributed by atoms with van der Waals surface area (Å²) in [4.78, 5) is 14.4. The molecule has 3 rings (SSSR count). The number of carbonyl (C=O) groups excluding carboxylic acids is 1. The lowest BCUT2D eigenvalue weighted by Gasteiger charge is -2.28. The monoisotopic (exact) mass is 411 g/mol. The Morgan fingerprint density at radius 1 is 1.12 bits per heavy atom. The van der Waals surface area contributed by atoms with Crippen LogP contribution >= 0.6 is 15.9 Å². The first-order chi connectivity index (χ1) is 11.1. The number of amides is 1. The van der Waals surface area contributed by atoms with Gasteiger partial charge in [0.05, 0.1) is 21.9 Å². The van der Waals surface area contributed by atoms with E-state index in [4.69, 9.17) is 4.74 Å². The number of sulfone groups is 1. The van der Waals surface area contributed by atoms with Gasteiger partial charge < -0.3 is 4.74 Å². The molecule has 2 aliphatic heterocycles. The Morgan fingerprint density at radius 3 is 2.29 bits per heavy atom. The summed E-state index contributed by atoms with van der Waals surface area (Å²) >= 11 is 3.38. The lowest BCUT2D eigenvalue weighted by molar-refractivity contribution is 0.0244. The third-order valence-corrected chi connectivity index (χ3v) is 6.88. The Hall–Kier alpha value is -1.60. The summed E-state index contributed by atoms with van der Waals surface area (Å²) in [6.45, 7) is 5.33. The molecular weight excluding hydrogens is 394 g/mol. The zero-order valence-corrected chi connectivity index (χ0v) is 16.0. The zero-order valence-electron chi connectivity index (χ0n) is 13.6. The van der Waals surface area contributed by atoms with E-state index < -0.39 is 33.6 Å². The highest BCUT2D eigenvalue weighted by molar-refractivity contribution is 9.11. The Kier molecular flexibility index (Phi) is 4.12. The Balaban J connectivity index is 1.96. The first kappa shape index (κ1) is 17.2. The van der Waals surface area contributed by atoms with Crippen LogP contribution in [0.3, 0.4) is 0 Å². The van der Waals surface area contributed by atoms with Crippen LogP contribution in [0.4, 0.5) is 4.79 Å². The van der Waals surface area contributed by atoms with Gasteiger partial charge in [0.1, 0.15) is 5.60 Å². The molecule has 128 valence electrons. The summed E-state index contributed by atoms with van der Waals surface area (Å²) in [7, 11) is -3.70. The number of halogens is 1. The van der Waals surface area contributed by atoms with Gasteiger partial charge in [0.15, 0.2) is 0 Å². The molecule has 0 fully saturated rings. The summed E-state index contributed by atoms with van der Waals surface area (Å²) in [5, 5.41) is 0. The highest BCUT2D eigenvalue weighted by Gasteiger charge is 2.50. The van der Waals surface area contributed by atoms with Gasteiger partial charge in [-0.05, 0) is 32.9 Å². The van der Waals surface area contributed by atoms with Crippen LogP contribution in [0.15, 0.2) is 56.8 Å². The molecule has 1 amide bonds. The van der Waals surface area contributed by atoms with Crippen LogP contribution in [0.25, 0.3) is 0 Å². The van der Waals surface area contributed by atoms with Gasteiger partial charge in [-0.2, -0.15) is 0 Å². The van der Waals surface area contributed by atoms with Crippen LogP contribution in [0.5, 0.6) is 0 Å². The van der Waals surface area contributed by atoms with Gasteiger partial charge in [0.25, 0.3) is 0 Å². The Labute approximate surface area is 150 Å². The molecule has 0 saturated heterocycles. The summed E-state index contributed by atoms with van der Waals surface area (Å²) in [5.41, 5.74) is -0.649. The highest BCUT2D eigenvalue weighted by atomic mass is 79.9. The molecule has 7 heteroatoms. The van der Waals surface area contributed by atoms with Gasteiger partial charge in [-0.3, -0.25) is 4.90 Å². The maximum Gasteiger partial charge on any atom is 0.411 e. The Morgan fingerprint density at radius 2 is 1.71 bits per heavy atom. The van der Waals surface area contributed by atoms with Crippen molar-refractivity contribution >= 4 is 31.9 Å². The van der Waals surface area contributed by atoms with Crippen LogP contribution < -0.4 is 0 Å². The fourth-order valence-corrected chi connectivity index (χ4v) is 5.74. The van der Waals surface area contributed by atoms with Crippen molar-refractivity contribution in [1.29, 1.82) is 0 Å². The van der Waals surface area contributed by atoms with E-state index in [0.29, 0.717) is 4.48 Å². The van der Waals surface area contributed by atoms with E-state index in [1.807, 2.05) is 6.08 Å². The first-order valence-electron chi connectivity index (χ1n) is 7.52. The number of hydrogen-bond donors (Lipinski definition) is 0. The zero-order chi connectivity index (χ0) is 17.7. The van der Waals surface area contributed by atoms with Crippen molar-refractivity contribution in [3.63, 3.8) is 0 Å². The van der Waals surface area contributed by atoms with Crippen molar-refractivity contribution in [3.05, 3.63) is 51.9 Å². The van der Waals surface area contributed by atoms with Gasteiger partial charge in [-0.25, -0.2) is 13.2 Å². The first-order valence-corrected chi connectivity index (χ1v) is 9.80. The molecule has 0 unspecified atom stereocenters. The SMILES string of the molecule is CC(C)(C)OC(=O)N1[C@@H]2C=C[C@H]1C(Br)=C2S(=O)(=O)c1ccccc1. The maximum absolute atomic E-state index is 13.0. The van der Waals surface area contributed by atoms with E-state index in [1.54, 1.807) is 57.2 Å². The van der Waals surface area contributed by atoms with Crippen LogP contribution in [0.1, 0.15) is 20.8 Å². The van der Waals surface area contributed by atoms with Crippen molar-refractivity contribution in [2.45, 2.75) is 43.4 Å². The molecule has 0 aromatic heterocycles. The number of nitrogens with zero attached hydrogens (tertiary/aromatic N) is 1. The number of benzene rings is 1. The standard InChI is InChI=1S/C17H18BrNO4S/c1-17(2,3)23-16(20)19-12-9-10-13(19)15(14(12)18)24(21,22)11-7-5-4-6-8-11/h4-10,12-13H,1-3H3/t12-,13+/m0/s1. The maximum atomic E-state index is 13.0. The molecule has 2 atom stereocenters. The summed E-state index contributed by atoms with van der Waals surface area (Å²) in [6.07, 6.45) is 3.01. The van der Waals surface area contributed by atoms with Crippen LogP contribution in [-0.4, -0.2) is 37.1 Å². The Bertz CT molecular complexity index is 837. The number of ether oxygens (including phenoxy) is 1. The molecule has 0 saturated carbocycles. The van der Waals surface area contributed by atoms with Gasteiger partial charge in [-0.1, -0.05) is 46.3 Å². The van der Waals surface area contributed by atoms with E-state index in [0.717, 1.165) is 0 Å². The quantitative estimate of drug-likeness (QED) is 0.696. The lowest BCUT2D eigenvalue weighted by atomic mass is 10.2. The molecule has 0 spiro atoms. The summed E-state index contributed by atoms with van der Waals surface area (Å²) < 4.78 is 31.9. The molecule has 24 heavy (non-hydrogen) atoms. The molecule has 2 aliphatic rings. The van der Waals surface area contributed by atoms with E-state index in [-0.39, 0.29) is 9.80 Å². The molecule has 5 nitrogen and oxygen atoms in total. The second-order valence-corrected chi connectivity index (χ2v) is 9.46. The fraction of sp³-hybridized carbons (Fsp3) is 0.353. The summed E-state index contributed by atoms with van der Waals surface area (Å²) in [5.74, 6) is 0. The minimum absolute atomic E-state index is 0.201. The minimum atomic E-state index is -3.70. The molecule has 0 radical (unpaired) electrons. The molecule has 1 aromatic rings. The molecule has 0 N–H and O–H groups in total. The topological polar surface area (TPSA) is 63.7 Å². The average Bonchev–Trinajstić information content (AvgIpc) is 3.02. The summed E-state index contributed by atoms with van der Waals surface area (Å²) in [6, 6.07) is 7.12. The number of fused-ring (bicyclic) bond motifs is 2. The van der Waals surface area contributed by atoms with Crippen molar-refractivity contribution in [2.75, 3.05) is 0 Å². The van der Waals surface area contributed by atoms with Gasteiger partial charge in [0, 0.05) is 4.48 Å². The third-order valence-electron chi connectivity index (χ3n) is 3.79. The largest absolute Gasteiger partial charge is 0.444 e. The number of carbonyl (C=O) groups is 1.